The number of aliphatic imine (C=N–C) groups is 1. The molecule has 1 atom stereocenters. The van der Waals surface area contributed by atoms with Gasteiger partial charge in [0.2, 0.25) is 0 Å². The third-order valence-electron chi connectivity index (χ3n) is 3.51. The van der Waals surface area contributed by atoms with Crippen molar-refractivity contribution in [3.8, 4) is 11.5 Å². The topological polar surface area (TPSA) is 72.7 Å². The van der Waals surface area contributed by atoms with Crippen molar-refractivity contribution in [1.29, 1.82) is 0 Å². The summed E-state index contributed by atoms with van der Waals surface area (Å²) in [5.41, 5.74) is 1.10. The van der Waals surface area contributed by atoms with E-state index in [1.54, 1.807) is 11.7 Å². The van der Waals surface area contributed by atoms with Crippen molar-refractivity contribution >= 4 is 29.9 Å². The first-order chi connectivity index (χ1) is 11.2. The Bertz CT molecular complexity index is 689. The highest BCUT2D eigenvalue weighted by Gasteiger charge is 2.20. The molecule has 3 rings (SSSR count). The number of ether oxygens (including phenoxy) is 2. The van der Waals surface area contributed by atoms with Crippen molar-refractivity contribution in [1.82, 2.24) is 20.4 Å². The highest BCUT2D eigenvalue weighted by Crippen LogP contribution is 2.30. The zero-order chi connectivity index (χ0) is 16.1. The Morgan fingerprint density at radius 3 is 2.83 bits per heavy atom. The van der Waals surface area contributed by atoms with Crippen molar-refractivity contribution in [2.75, 3.05) is 20.2 Å². The molecule has 1 aliphatic rings. The van der Waals surface area contributed by atoms with E-state index in [-0.39, 0.29) is 30.1 Å². The second kappa shape index (κ2) is 8.76. The van der Waals surface area contributed by atoms with E-state index < -0.39 is 0 Å². The van der Waals surface area contributed by atoms with E-state index in [9.17, 15) is 0 Å². The first-order valence-electron chi connectivity index (χ1n) is 7.55. The molecule has 1 aliphatic heterocycles. The van der Waals surface area contributed by atoms with E-state index in [4.69, 9.17) is 9.47 Å². The summed E-state index contributed by atoms with van der Waals surface area (Å²) in [5.74, 6) is 2.29. The number of para-hydroxylation sites is 2. The Labute approximate surface area is 158 Å². The molecule has 2 heterocycles. The summed E-state index contributed by atoms with van der Waals surface area (Å²) in [7, 11) is 3.64. The quantitative estimate of drug-likeness (QED) is 0.426. The van der Waals surface area contributed by atoms with Gasteiger partial charge in [-0.05, 0) is 12.1 Å². The molecule has 2 N–H and O–H groups in total. The molecule has 1 aromatic heterocycles. The molecule has 0 saturated heterocycles. The fraction of sp³-hybridized carbons (Fsp3) is 0.375. The molecule has 0 fully saturated rings. The minimum atomic E-state index is -0.0539. The lowest BCUT2D eigenvalue weighted by molar-refractivity contribution is 0.0936. The number of fused-ring (bicyclic) bond motifs is 1. The molecule has 0 spiro atoms. The number of guanidine groups is 1. The summed E-state index contributed by atoms with van der Waals surface area (Å²) in [5, 5.41) is 10.6. The Hall–Kier alpha value is -1.97. The molecule has 8 heteroatoms. The summed E-state index contributed by atoms with van der Waals surface area (Å²) in [6, 6.07) is 7.70. The Balaban J connectivity index is 0.00000208. The molecule has 1 aromatic carbocycles. The zero-order valence-corrected chi connectivity index (χ0v) is 16.1. The normalized spacial score (nSPS) is 16.2. The van der Waals surface area contributed by atoms with Gasteiger partial charge >= 0.3 is 0 Å². The van der Waals surface area contributed by atoms with Crippen LogP contribution in [0.15, 0.2) is 41.7 Å². The Morgan fingerprint density at radius 2 is 2.12 bits per heavy atom. The molecule has 2 aromatic rings. The van der Waals surface area contributed by atoms with Gasteiger partial charge in [0.1, 0.15) is 12.7 Å². The number of benzene rings is 1. The standard InChI is InChI=1S/C16H21N5O2.HI/c1-17-16(18-7-12-8-20-21(2)10-12)19-9-13-11-22-14-5-3-4-6-15(14)23-13;/h3-6,8,10,13H,7,9,11H2,1-2H3,(H2,17,18,19);1H. The largest absolute Gasteiger partial charge is 0.486 e. The van der Waals surface area contributed by atoms with Gasteiger partial charge in [0.15, 0.2) is 17.5 Å². The van der Waals surface area contributed by atoms with Crippen LogP contribution in [0.3, 0.4) is 0 Å². The number of rotatable bonds is 4. The molecule has 0 aliphatic carbocycles. The summed E-state index contributed by atoms with van der Waals surface area (Å²) >= 11 is 0. The number of aromatic nitrogens is 2. The molecule has 24 heavy (non-hydrogen) atoms. The van der Waals surface area contributed by atoms with Gasteiger partial charge in [-0.2, -0.15) is 5.10 Å². The van der Waals surface area contributed by atoms with Crippen LogP contribution in [0.25, 0.3) is 0 Å². The molecule has 1 unspecified atom stereocenters. The lowest BCUT2D eigenvalue weighted by Crippen LogP contribution is -2.45. The monoisotopic (exact) mass is 443 g/mol. The minimum absolute atomic E-state index is 0. The SMILES string of the molecule is CN=C(NCc1cnn(C)c1)NCC1COc2ccccc2O1.I. The van der Waals surface area contributed by atoms with Crippen LogP contribution in [0.2, 0.25) is 0 Å². The molecule has 7 nitrogen and oxygen atoms in total. The zero-order valence-electron chi connectivity index (χ0n) is 13.7. The molecule has 0 bridgehead atoms. The van der Waals surface area contributed by atoms with E-state index in [0.29, 0.717) is 19.7 Å². The Morgan fingerprint density at radius 1 is 1.33 bits per heavy atom. The maximum atomic E-state index is 5.91. The molecular weight excluding hydrogens is 421 g/mol. The van der Waals surface area contributed by atoms with Crippen molar-refractivity contribution in [3.05, 3.63) is 42.2 Å². The summed E-state index contributed by atoms with van der Waals surface area (Å²) in [4.78, 5) is 4.21. The maximum absolute atomic E-state index is 5.91. The van der Waals surface area contributed by atoms with Crippen LogP contribution < -0.4 is 20.1 Å². The summed E-state index contributed by atoms with van der Waals surface area (Å²) < 4.78 is 13.4. The molecule has 130 valence electrons. The van der Waals surface area contributed by atoms with Gasteiger partial charge in [-0.1, -0.05) is 12.1 Å². The van der Waals surface area contributed by atoms with Crippen molar-refractivity contribution in [3.63, 3.8) is 0 Å². The Kier molecular flexibility index (Phi) is 6.71. The van der Waals surface area contributed by atoms with Crippen LogP contribution >= 0.6 is 24.0 Å². The van der Waals surface area contributed by atoms with E-state index in [0.717, 1.165) is 23.0 Å². The smallest absolute Gasteiger partial charge is 0.191 e. The van der Waals surface area contributed by atoms with Crippen LogP contribution in [0.1, 0.15) is 5.56 Å². The lowest BCUT2D eigenvalue weighted by Gasteiger charge is -2.27. The average Bonchev–Trinajstić information content (AvgIpc) is 3.00. The predicted molar refractivity (Wildman–Crippen MR) is 103 cm³/mol. The van der Waals surface area contributed by atoms with E-state index >= 15 is 0 Å². The highest BCUT2D eigenvalue weighted by molar-refractivity contribution is 14.0. The van der Waals surface area contributed by atoms with Crippen LogP contribution in [0.5, 0.6) is 11.5 Å². The first kappa shape index (κ1) is 18.4. The van der Waals surface area contributed by atoms with Gasteiger partial charge in [0.25, 0.3) is 0 Å². The number of nitrogens with zero attached hydrogens (tertiary/aromatic N) is 3. The van der Waals surface area contributed by atoms with Gasteiger partial charge < -0.3 is 20.1 Å². The first-order valence-corrected chi connectivity index (χ1v) is 7.55. The third kappa shape index (κ3) is 4.76. The highest BCUT2D eigenvalue weighted by atomic mass is 127. The molecule has 0 saturated carbocycles. The summed E-state index contributed by atoms with van der Waals surface area (Å²) in [6.07, 6.45) is 3.74. The van der Waals surface area contributed by atoms with Crippen LogP contribution in [-0.2, 0) is 13.6 Å². The van der Waals surface area contributed by atoms with Crippen LogP contribution in [0.4, 0.5) is 0 Å². The van der Waals surface area contributed by atoms with E-state index in [1.165, 1.54) is 0 Å². The van der Waals surface area contributed by atoms with Gasteiger partial charge in [0, 0.05) is 32.4 Å². The van der Waals surface area contributed by atoms with E-state index in [2.05, 4.69) is 20.7 Å². The minimum Gasteiger partial charge on any atom is -0.486 e. The lowest BCUT2D eigenvalue weighted by atomic mass is 10.2. The average molecular weight is 443 g/mol. The van der Waals surface area contributed by atoms with Gasteiger partial charge in [-0.15, -0.1) is 24.0 Å². The number of halogens is 1. The fourth-order valence-electron chi connectivity index (χ4n) is 2.34. The van der Waals surface area contributed by atoms with Gasteiger partial charge in [-0.3, -0.25) is 9.67 Å². The summed E-state index contributed by atoms with van der Waals surface area (Å²) in [6.45, 7) is 1.79. The van der Waals surface area contributed by atoms with Crippen LogP contribution in [0, 0.1) is 0 Å². The molecule has 0 amide bonds. The van der Waals surface area contributed by atoms with E-state index in [1.807, 2.05) is 43.7 Å². The number of aryl methyl sites for hydroxylation is 1. The second-order valence-electron chi connectivity index (χ2n) is 5.33. The number of nitrogens with one attached hydrogen (secondary N) is 2. The molecular formula is C16H22IN5O2. The van der Waals surface area contributed by atoms with Crippen molar-refractivity contribution in [2.45, 2.75) is 12.6 Å². The molecule has 0 radical (unpaired) electrons. The van der Waals surface area contributed by atoms with Crippen LogP contribution in [-0.4, -0.2) is 42.0 Å². The van der Waals surface area contributed by atoms with Gasteiger partial charge in [-0.25, -0.2) is 0 Å². The predicted octanol–water partition coefficient (Wildman–Crippen LogP) is 1.54. The second-order valence-corrected chi connectivity index (χ2v) is 5.33. The van der Waals surface area contributed by atoms with Gasteiger partial charge in [0.05, 0.1) is 12.7 Å². The fourth-order valence-corrected chi connectivity index (χ4v) is 2.34. The van der Waals surface area contributed by atoms with Crippen molar-refractivity contribution < 1.29 is 9.47 Å². The maximum Gasteiger partial charge on any atom is 0.191 e. The van der Waals surface area contributed by atoms with Crippen molar-refractivity contribution in [2.24, 2.45) is 12.0 Å². The number of hydrogen-bond acceptors (Lipinski definition) is 4. The number of hydrogen-bond donors (Lipinski definition) is 2. The third-order valence-corrected chi connectivity index (χ3v) is 3.51.